The molecule has 0 aliphatic carbocycles. The first-order valence-corrected chi connectivity index (χ1v) is 8.36. The predicted octanol–water partition coefficient (Wildman–Crippen LogP) is 1.90. The van der Waals surface area contributed by atoms with Gasteiger partial charge < -0.3 is 5.73 Å². The Kier molecular flexibility index (Phi) is 9.42. The summed E-state index contributed by atoms with van der Waals surface area (Å²) in [4.78, 5) is 0. The van der Waals surface area contributed by atoms with Crippen molar-refractivity contribution in [2.45, 2.75) is 0 Å². The Hall–Kier alpha value is -0.940. The van der Waals surface area contributed by atoms with Crippen molar-refractivity contribution in [1.82, 2.24) is 0 Å². The first-order chi connectivity index (χ1) is 9.28. The Morgan fingerprint density at radius 1 is 1.45 bits per heavy atom. The Morgan fingerprint density at radius 2 is 1.95 bits per heavy atom. The molecule has 0 aliphatic rings. The van der Waals surface area contributed by atoms with Crippen LogP contribution in [0.3, 0.4) is 0 Å². The Bertz CT molecular complexity index is 558. The van der Waals surface area contributed by atoms with Crippen molar-refractivity contribution in [3.63, 3.8) is 0 Å². The number of rotatable bonds is 3. The second kappa shape index (κ2) is 9.88. The van der Waals surface area contributed by atoms with Gasteiger partial charge >= 0.3 is 10.4 Å². The first-order valence-electron chi connectivity index (χ1n) is 4.97. The van der Waals surface area contributed by atoms with Crippen LogP contribution in [0, 0.1) is 0 Å². The molecule has 0 unspecified atom stereocenters. The highest BCUT2D eigenvalue weighted by Crippen LogP contribution is 2.09. The standard InChI is InChI=1S/C9H10BrN3S.CH4O4S/c1-14-9(11)13-12-6-7-2-4-8(10)5-3-7;1-5-6(2,3)4/h2-6H,1H3,(H2,11,13);1H3,(H,2,3,4). The van der Waals surface area contributed by atoms with E-state index in [2.05, 4.69) is 30.3 Å². The van der Waals surface area contributed by atoms with Crippen LogP contribution in [0.15, 0.2) is 38.9 Å². The van der Waals surface area contributed by atoms with Crippen LogP contribution in [-0.2, 0) is 14.6 Å². The molecule has 112 valence electrons. The molecule has 0 radical (unpaired) electrons. The molecule has 0 aliphatic heterocycles. The molecule has 7 nitrogen and oxygen atoms in total. The first kappa shape index (κ1) is 19.1. The van der Waals surface area contributed by atoms with Crippen molar-refractivity contribution < 1.29 is 17.2 Å². The summed E-state index contributed by atoms with van der Waals surface area (Å²) in [5.41, 5.74) is 6.44. The van der Waals surface area contributed by atoms with E-state index in [1.807, 2.05) is 30.5 Å². The maximum absolute atomic E-state index is 9.33. The highest BCUT2D eigenvalue weighted by molar-refractivity contribution is 9.10. The van der Waals surface area contributed by atoms with E-state index in [0.29, 0.717) is 5.17 Å². The van der Waals surface area contributed by atoms with E-state index in [-0.39, 0.29) is 0 Å². The van der Waals surface area contributed by atoms with Crippen LogP contribution in [0.5, 0.6) is 0 Å². The molecule has 20 heavy (non-hydrogen) atoms. The topological polar surface area (TPSA) is 114 Å². The van der Waals surface area contributed by atoms with Gasteiger partial charge in [-0.05, 0) is 24.0 Å². The van der Waals surface area contributed by atoms with Crippen LogP contribution in [0.1, 0.15) is 5.56 Å². The van der Waals surface area contributed by atoms with E-state index in [9.17, 15) is 8.42 Å². The summed E-state index contributed by atoms with van der Waals surface area (Å²) in [6, 6.07) is 7.78. The predicted molar refractivity (Wildman–Crippen MR) is 85.4 cm³/mol. The molecular weight excluding hydrogens is 370 g/mol. The van der Waals surface area contributed by atoms with Gasteiger partial charge in [0.15, 0.2) is 5.17 Å². The van der Waals surface area contributed by atoms with Crippen LogP contribution in [0.4, 0.5) is 0 Å². The van der Waals surface area contributed by atoms with E-state index >= 15 is 0 Å². The molecule has 0 saturated heterocycles. The zero-order valence-electron chi connectivity index (χ0n) is 10.7. The fourth-order valence-electron chi connectivity index (χ4n) is 0.742. The number of nitrogens with two attached hydrogens (primary N) is 1. The maximum Gasteiger partial charge on any atom is 0.397 e. The zero-order chi connectivity index (χ0) is 15.6. The monoisotopic (exact) mass is 383 g/mol. The van der Waals surface area contributed by atoms with Gasteiger partial charge in [0.1, 0.15) is 0 Å². The molecule has 0 heterocycles. The summed E-state index contributed by atoms with van der Waals surface area (Å²) < 4.78 is 30.8. The summed E-state index contributed by atoms with van der Waals surface area (Å²) in [5, 5.41) is 8.08. The number of thioether (sulfide) groups is 1. The lowest BCUT2D eigenvalue weighted by atomic mass is 10.2. The molecule has 0 fully saturated rings. The summed E-state index contributed by atoms with van der Waals surface area (Å²) in [7, 11) is -3.29. The second-order valence-electron chi connectivity index (χ2n) is 3.03. The number of hydrogen-bond acceptors (Lipinski definition) is 6. The van der Waals surface area contributed by atoms with Crippen LogP contribution in [0.25, 0.3) is 0 Å². The summed E-state index contributed by atoms with van der Waals surface area (Å²) >= 11 is 4.72. The van der Waals surface area contributed by atoms with Gasteiger partial charge in [0.25, 0.3) is 0 Å². The van der Waals surface area contributed by atoms with Gasteiger partial charge in [0.2, 0.25) is 0 Å². The third-order valence-corrected chi connectivity index (χ3v) is 3.10. The normalized spacial score (nSPS) is 12.1. The molecule has 1 rings (SSSR count). The van der Waals surface area contributed by atoms with Gasteiger partial charge in [-0.15, -0.1) is 5.10 Å². The third-order valence-electron chi connectivity index (χ3n) is 1.65. The van der Waals surface area contributed by atoms with Gasteiger partial charge in [-0.3, -0.25) is 8.74 Å². The van der Waals surface area contributed by atoms with Gasteiger partial charge in [-0.2, -0.15) is 13.5 Å². The minimum atomic E-state index is -4.16. The van der Waals surface area contributed by atoms with Gasteiger partial charge in [-0.1, -0.05) is 39.8 Å². The highest BCUT2D eigenvalue weighted by atomic mass is 79.9. The fourth-order valence-corrected chi connectivity index (χ4v) is 1.14. The number of halogens is 1. The number of benzene rings is 1. The maximum atomic E-state index is 9.33. The number of hydrogen-bond donors (Lipinski definition) is 2. The SMILES string of the molecule is COS(=O)(=O)O.CSC(N)=NN=Cc1ccc(Br)cc1. The van der Waals surface area contributed by atoms with Crippen molar-refractivity contribution in [2.75, 3.05) is 13.4 Å². The van der Waals surface area contributed by atoms with Gasteiger partial charge in [0, 0.05) is 4.47 Å². The molecule has 0 aromatic heterocycles. The van der Waals surface area contributed by atoms with Crippen molar-refractivity contribution in [3.05, 3.63) is 34.3 Å². The highest BCUT2D eigenvalue weighted by Gasteiger charge is 1.94. The Morgan fingerprint density at radius 3 is 2.35 bits per heavy atom. The molecular formula is C10H14BrN3O4S2. The van der Waals surface area contributed by atoms with Crippen LogP contribution in [0.2, 0.25) is 0 Å². The van der Waals surface area contributed by atoms with Crippen molar-refractivity contribution in [1.29, 1.82) is 0 Å². The van der Waals surface area contributed by atoms with E-state index < -0.39 is 10.4 Å². The molecule has 3 N–H and O–H groups in total. The lowest BCUT2D eigenvalue weighted by Gasteiger charge is -1.92. The minimum absolute atomic E-state index is 0.457. The minimum Gasteiger partial charge on any atom is -0.377 e. The summed E-state index contributed by atoms with van der Waals surface area (Å²) in [5.74, 6) is 0. The average molecular weight is 384 g/mol. The Labute approximate surface area is 130 Å². The molecule has 0 atom stereocenters. The van der Waals surface area contributed by atoms with E-state index in [4.69, 9.17) is 10.3 Å². The van der Waals surface area contributed by atoms with Crippen LogP contribution in [-0.4, -0.2) is 37.7 Å². The van der Waals surface area contributed by atoms with Gasteiger partial charge in [-0.25, -0.2) is 0 Å². The average Bonchev–Trinajstić information content (AvgIpc) is 2.40. The largest absolute Gasteiger partial charge is 0.397 e. The van der Waals surface area contributed by atoms with Crippen LogP contribution >= 0.6 is 27.7 Å². The quantitative estimate of drug-likeness (QED) is 0.356. The third kappa shape index (κ3) is 10.9. The molecule has 0 spiro atoms. The molecule has 0 bridgehead atoms. The van der Waals surface area contributed by atoms with Gasteiger partial charge in [0.05, 0.1) is 13.3 Å². The molecule has 0 amide bonds. The molecule has 0 saturated carbocycles. The molecule has 1 aromatic carbocycles. The Balaban J connectivity index is 0.000000511. The van der Waals surface area contributed by atoms with E-state index in [1.54, 1.807) is 6.21 Å². The van der Waals surface area contributed by atoms with Crippen molar-refractivity contribution in [3.8, 4) is 0 Å². The van der Waals surface area contributed by atoms with Crippen molar-refractivity contribution in [2.24, 2.45) is 15.9 Å². The lowest BCUT2D eigenvalue weighted by molar-refractivity contribution is 0.324. The smallest absolute Gasteiger partial charge is 0.377 e. The second-order valence-corrected chi connectivity index (χ2v) is 5.96. The van der Waals surface area contributed by atoms with Crippen molar-refractivity contribution >= 4 is 49.5 Å². The van der Waals surface area contributed by atoms with E-state index in [1.165, 1.54) is 11.8 Å². The van der Waals surface area contributed by atoms with E-state index in [0.717, 1.165) is 17.1 Å². The van der Waals surface area contributed by atoms with Crippen LogP contribution < -0.4 is 5.73 Å². The molecule has 1 aromatic rings. The lowest BCUT2D eigenvalue weighted by Crippen LogP contribution is -2.03. The summed E-state index contributed by atoms with van der Waals surface area (Å²) in [6.45, 7) is 0. The fraction of sp³-hybridized carbons (Fsp3) is 0.200. The molecule has 10 heteroatoms. The zero-order valence-corrected chi connectivity index (χ0v) is 13.9. The summed E-state index contributed by atoms with van der Waals surface area (Å²) in [6.07, 6.45) is 3.52. The number of amidine groups is 1. The number of nitrogens with zero attached hydrogens (tertiary/aromatic N) is 2.